The molecule has 6 heteroatoms. The molecule has 0 bridgehead atoms. The second-order valence-corrected chi connectivity index (χ2v) is 6.79. The molecule has 2 aromatic rings. The first-order valence-corrected chi connectivity index (χ1v) is 8.65. The van der Waals surface area contributed by atoms with Crippen molar-refractivity contribution in [1.29, 1.82) is 0 Å². The van der Waals surface area contributed by atoms with E-state index in [1.807, 2.05) is 19.2 Å². The molecule has 0 saturated carbocycles. The van der Waals surface area contributed by atoms with Gasteiger partial charge in [0, 0.05) is 10.6 Å². The van der Waals surface area contributed by atoms with Gasteiger partial charge in [-0.3, -0.25) is 4.79 Å². The molecule has 1 atom stereocenters. The molecule has 2 rings (SSSR count). The quantitative estimate of drug-likeness (QED) is 0.750. The van der Waals surface area contributed by atoms with Crippen LogP contribution in [0.4, 0.5) is 10.1 Å². The molecule has 0 heterocycles. The fourth-order valence-electron chi connectivity index (χ4n) is 1.99. The lowest BCUT2D eigenvalue weighted by atomic mass is 10.3. The Morgan fingerprint density at radius 2 is 1.91 bits per heavy atom. The maximum absolute atomic E-state index is 12.8. The molecule has 1 unspecified atom stereocenters. The Balaban J connectivity index is 1.71. The second kappa shape index (κ2) is 8.91. The summed E-state index contributed by atoms with van der Waals surface area (Å²) in [6.45, 7) is 1.20. The molecule has 2 aromatic carbocycles. The van der Waals surface area contributed by atoms with Crippen molar-refractivity contribution < 1.29 is 14.1 Å². The fourth-order valence-corrected chi connectivity index (χ4v) is 3.19. The predicted octanol–water partition coefficient (Wildman–Crippen LogP) is 2.72. The van der Waals surface area contributed by atoms with Crippen LogP contribution in [0, 0.1) is 5.82 Å². The van der Waals surface area contributed by atoms with Crippen LogP contribution >= 0.6 is 23.4 Å². The van der Waals surface area contributed by atoms with E-state index in [1.165, 1.54) is 12.1 Å². The van der Waals surface area contributed by atoms with Crippen LogP contribution in [-0.2, 0) is 4.79 Å². The van der Waals surface area contributed by atoms with E-state index in [0.717, 1.165) is 22.1 Å². The van der Waals surface area contributed by atoms with Crippen molar-refractivity contribution in [3.63, 3.8) is 0 Å². The molecule has 0 spiro atoms. The van der Waals surface area contributed by atoms with E-state index in [-0.39, 0.29) is 11.7 Å². The van der Waals surface area contributed by atoms with E-state index in [9.17, 15) is 9.18 Å². The van der Waals surface area contributed by atoms with Crippen LogP contribution in [0.5, 0.6) is 0 Å². The molecule has 0 aliphatic rings. The first-order chi connectivity index (χ1) is 11.0. The van der Waals surface area contributed by atoms with Gasteiger partial charge in [-0.2, -0.15) is 0 Å². The summed E-state index contributed by atoms with van der Waals surface area (Å²) in [5.41, 5.74) is 0.632. The molecule has 2 N–H and O–H groups in total. The maximum Gasteiger partial charge on any atom is 0.279 e. The van der Waals surface area contributed by atoms with E-state index >= 15 is 0 Å². The summed E-state index contributed by atoms with van der Waals surface area (Å²) in [4.78, 5) is 14.1. The lowest BCUT2D eigenvalue weighted by Gasteiger charge is -2.14. The van der Waals surface area contributed by atoms with Crippen molar-refractivity contribution in [3.8, 4) is 0 Å². The monoisotopic (exact) mass is 353 g/mol. The SMILES string of the molecule is C[NH+](CCSc1ccc(F)cc1)CC(=O)Nc1ccccc1Cl. The highest BCUT2D eigenvalue weighted by Crippen LogP contribution is 2.20. The van der Waals surface area contributed by atoms with Crippen LogP contribution in [0.15, 0.2) is 53.4 Å². The van der Waals surface area contributed by atoms with E-state index in [0.29, 0.717) is 17.3 Å². The van der Waals surface area contributed by atoms with Crippen LogP contribution in [0.25, 0.3) is 0 Å². The first kappa shape index (κ1) is 17.8. The summed E-state index contributed by atoms with van der Waals surface area (Å²) in [7, 11) is 1.97. The molecule has 122 valence electrons. The number of halogens is 2. The van der Waals surface area contributed by atoms with Crippen molar-refractivity contribution in [2.75, 3.05) is 31.2 Å². The number of thioether (sulfide) groups is 1. The van der Waals surface area contributed by atoms with Gasteiger partial charge in [-0.25, -0.2) is 4.39 Å². The third-order valence-electron chi connectivity index (χ3n) is 3.22. The Morgan fingerprint density at radius 1 is 1.22 bits per heavy atom. The van der Waals surface area contributed by atoms with Crippen molar-refractivity contribution in [3.05, 3.63) is 59.4 Å². The minimum absolute atomic E-state index is 0.0672. The van der Waals surface area contributed by atoms with Gasteiger partial charge in [-0.05, 0) is 36.4 Å². The number of hydrogen-bond acceptors (Lipinski definition) is 2. The van der Waals surface area contributed by atoms with Gasteiger partial charge in [0.1, 0.15) is 5.82 Å². The van der Waals surface area contributed by atoms with Gasteiger partial charge in [-0.15, -0.1) is 11.8 Å². The highest BCUT2D eigenvalue weighted by Gasteiger charge is 2.11. The maximum atomic E-state index is 12.8. The Kier molecular flexibility index (Phi) is 6.89. The summed E-state index contributed by atoms with van der Waals surface area (Å²) < 4.78 is 12.8. The van der Waals surface area contributed by atoms with Crippen molar-refractivity contribution >= 4 is 35.0 Å². The highest BCUT2D eigenvalue weighted by molar-refractivity contribution is 7.99. The van der Waals surface area contributed by atoms with Gasteiger partial charge in [0.05, 0.1) is 24.3 Å². The molecule has 23 heavy (non-hydrogen) atoms. The Labute approximate surface area is 144 Å². The Morgan fingerprint density at radius 3 is 2.61 bits per heavy atom. The van der Waals surface area contributed by atoms with Gasteiger partial charge in [-0.1, -0.05) is 23.7 Å². The van der Waals surface area contributed by atoms with E-state index in [1.54, 1.807) is 36.0 Å². The van der Waals surface area contributed by atoms with Crippen LogP contribution in [0.1, 0.15) is 0 Å². The summed E-state index contributed by atoms with van der Waals surface area (Å²) in [5, 5.41) is 3.35. The molecule has 0 saturated heterocycles. The zero-order valence-electron chi connectivity index (χ0n) is 12.8. The molecule has 3 nitrogen and oxygen atoms in total. The number of quaternary nitrogens is 1. The number of para-hydroxylation sites is 1. The molecular weight excluding hydrogens is 335 g/mol. The van der Waals surface area contributed by atoms with Gasteiger partial charge < -0.3 is 10.2 Å². The van der Waals surface area contributed by atoms with E-state index in [4.69, 9.17) is 11.6 Å². The molecular formula is C17H19ClFN2OS+. The van der Waals surface area contributed by atoms with Crippen LogP contribution in [0.3, 0.4) is 0 Å². The smallest absolute Gasteiger partial charge is 0.279 e. The number of nitrogens with one attached hydrogen (secondary N) is 2. The van der Waals surface area contributed by atoms with E-state index in [2.05, 4.69) is 5.32 Å². The van der Waals surface area contributed by atoms with Gasteiger partial charge in [0.2, 0.25) is 0 Å². The predicted molar refractivity (Wildman–Crippen MR) is 93.8 cm³/mol. The normalized spacial score (nSPS) is 12.0. The molecule has 0 fully saturated rings. The Bertz CT molecular complexity index is 651. The minimum atomic E-state index is -0.228. The van der Waals surface area contributed by atoms with Crippen molar-refractivity contribution in [2.24, 2.45) is 0 Å². The van der Waals surface area contributed by atoms with E-state index < -0.39 is 0 Å². The molecule has 0 aliphatic heterocycles. The Hall–Kier alpha value is -1.56. The third kappa shape index (κ3) is 6.22. The first-order valence-electron chi connectivity index (χ1n) is 7.28. The van der Waals surface area contributed by atoms with Gasteiger partial charge in [0.25, 0.3) is 5.91 Å². The van der Waals surface area contributed by atoms with Crippen LogP contribution in [-0.4, -0.2) is 31.8 Å². The number of benzene rings is 2. The van der Waals surface area contributed by atoms with Crippen molar-refractivity contribution in [2.45, 2.75) is 4.90 Å². The number of likely N-dealkylation sites (N-methyl/N-ethyl adjacent to an activating group) is 1. The average molecular weight is 354 g/mol. The average Bonchev–Trinajstić information content (AvgIpc) is 2.51. The summed E-state index contributed by atoms with van der Waals surface area (Å²) in [6, 6.07) is 13.6. The number of hydrogen-bond donors (Lipinski definition) is 2. The standard InChI is InChI=1S/C17H18ClFN2OS/c1-21(10-11-23-14-8-6-13(19)7-9-14)12-17(22)20-16-5-3-2-4-15(16)18/h2-9H,10-12H2,1H3,(H,20,22)/p+1. The summed E-state index contributed by atoms with van der Waals surface area (Å²) in [6.07, 6.45) is 0. The molecule has 0 aliphatic carbocycles. The van der Waals surface area contributed by atoms with Crippen molar-refractivity contribution in [1.82, 2.24) is 0 Å². The number of anilines is 1. The molecule has 0 radical (unpaired) electrons. The van der Waals surface area contributed by atoms with Gasteiger partial charge >= 0.3 is 0 Å². The highest BCUT2D eigenvalue weighted by atomic mass is 35.5. The number of carbonyl (C=O) groups is 1. The molecule has 1 amide bonds. The number of rotatable bonds is 7. The minimum Gasteiger partial charge on any atom is -0.329 e. The second-order valence-electron chi connectivity index (χ2n) is 5.21. The zero-order valence-corrected chi connectivity index (χ0v) is 14.4. The number of amides is 1. The topological polar surface area (TPSA) is 33.5 Å². The lowest BCUT2D eigenvalue weighted by molar-refractivity contribution is -0.868. The largest absolute Gasteiger partial charge is 0.329 e. The third-order valence-corrected chi connectivity index (χ3v) is 4.56. The zero-order chi connectivity index (χ0) is 16.7. The molecule has 0 aromatic heterocycles. The van der Waals surface area contributed by atoms with Gasteiger partial charge in [0.15, 0.2) is 6.54 Å². The number of carbonyl (C=O) groups excluding carboxylic acids is 1. The van der Waals surface area contributed by atoms with Crippen LogP contribution < -0.4 is 10.2 Å². The summed E-state index contributed by atoms with van der Waals surface area (Å²) in [5.74, 6) is 0.562. The lowest BCUT2D eigenvalue weighted by Crippen LogP contribution is -3.10. The van der Waals surface area contributed by atoms with Crippen LogP contribution in [0.2, 0.25) is 5.02 Å². The fraction of sp³-hybridized carbons (Fsp3) is 0.235. The summed E-state index contributed by atoms with van der Waals surface area (Å²) >= 11 is 7.67.